The van der Waals surface area contributed by atoms with Crippen molar-refractivity contribution in [3.05, 3.63) is 52.0 Å². The molecule has 1 amide bonds. The Morgan fingerprint density at radius 2 is 2.07 bits per heavy atom. The largest absolute Gasteiger partial charge is 0.494 e. The minimum absolute atomic E-state index is 0.0242. The van der Waals surface area contributed by atoms with Crippen molar-refractivity contribution in [2.75, 3.05) is 13.2 Å². The van der Waals surface area contributed by atoms with Crippen LogP contribution in [0, 0.1) is 0 Å². The number of amides is 1. The molecule has 0 spiro atoms. The van der Waals surface area contributed by atoms with Gasteiger partial charge in [-0.15, -0.1) is 0 Å². The average Bonchev–Trinajstić information content (AvgIpc) is 3.35. The minimum atomic E-state index is -0.0242. The van der Waals surface area contributed by atoms with Gasteiger partial charge in [0.1, 0.15) is 5.75 Å². The van der Waals surface area contributed by atoms with Gasteiger partial charge in [0.25, 0.3) is 0 Å². The van der Waals surface area contributed by atoms with E-state index in [1.54, 1.807) is 23.5 Å². The maximum Gasteiger partial charge on any atom is 0.227 e. The molecule has 2 aromatic heterocycles. The van der Waals surface area contributed by atoms with Crippen molar-refractivity contribution >= 4 is 28.8 Å². The Morgan fingerprint density at radius 1 is 1.22 bits per heavy atom. The first-order chi connectivity index (χ1) is 13.2. The summed E-state index contributed by atoms with van der Waals surface area (Å²) in [5.41, 5.74) is 0.931. The van der Waals surface area contributed by atoms with Crippen molar-refractivity contribution < 1.29 is 14.1 Å². The van der Waals surface area contributed by atoms with Crippen LogP contribution in [0.2, 0.25) is 5.02 Å². The van der Waals surface area contributed by atoms with Crippen LogP contribution in [0.5, 0.6) is 5.75 Å². The molecule has 8 heteroatoms. The molecule has 0 saturated carbocycles. The van der Waals surface area contributed by atoms with E-state index in [1.807, 2.05) is 29.0 Å². The number of nitrogens with zero attached hydrogens (tertiary/aromatic N) is 2. The molecule has 2 heterocycles. The highest BCUT2D eigenvalue weighted by Crippen LogP contribution is 2.19. The van der Waals surface area contributed by atoms with Gasteiger partial charge in [-0.25, -0.2) is 0 Å². The molecule has 3 aromatic rings. The first kappa shape index (κ1) is 19.4. The normalized spacial score (nSPS) is 10.7. The number of thiophene rings is 1. The Hall–Kier alpha value is -2.38. The molecule has 1 N–H and O–H groups in total. The lowest BCUT2D eigenvalue weighted by Gasteiger charge is -2.07. The first-order valence-electron chi connectivity index (χ1n) is 8.71. The van der Waals surface area contributed by atoms with Crippen LogP contribution in [0.3, 0.4) is 0 Å². The molecule has 0 aliphatic heterocycles. The van der Waals surface area contributed by atoms with Crippen LogP contribution in [0.4, 0.5) is 0 Å². The third-order valence-electron chi connectivity index (χ3n) is 3.79. The van der Waals surface area contributed by atoms with E-state index in [0.717, 1.165) is 24.2 Å². The highest BCUT2D eigenvalue weighted by Gasteiger charge is 2.10. The summed E-state index contributed by atoms with van der Waals surface area (Å²) >= 11 is 7.40. The molecule has 0 radical (unpaired) electrons. The summed E-state index contributed by atoms with van der Waals surface area (Å²) in [6.45, 7) is 1.22. The van der Waals surface area contributed by atoms with Gasteiger partial charge in [-0.1, -0.05) is 16.8 Å². The number of nitrogens with one attached hydrogen (secondary N) is 1. The number of unbranched alkanes of at least 4 members (excludes halogenated alkanes) is 1. The summed E-state index contributed by atoms with van der Waals surface area (Å²) in [6, 6.07) is 9.20. The van der Waals surface area contributed by atoms with E-state index in [2.05, 4.69) is 15.5 Å². The van der Waals surface area contributed by atoms with E-state index in [1.165, 1.54) is 0 Å². The van der Waals surface area contributed by atoms with Crippen molar-refractivity contribution in [3.8, 4) is 17.1 Å². The lowest BCUT2D eigenvalue weighted by molar-refractivity contribution is -0.121. The molecular formula is C19H20ClN3O3S. The lowest BCUT2D eigenvalue weighted by Crippen LogP contribution is -2.25. The third kappa shape index (κ3) is 6.37. The molecule has 142 valence electrons. The highest BCUT2D eigenvalue weighted by molar-refractivity contribution is 7.08. The summed E-state index contributed by atoms with van der Waals surface area (Å²) in [4.78, 5) is 16.2. The quantitative estimate of drug-likeness (QED) is 0.507. The van der Waals surface area contributed by atoms with Gasteiger partial charge in [-0.2, -0.15) is 16.3 Å². The van der Waals surface area contributed by atoms with E-state index in [4.69, 9.17) is 20.9 Å². The number of rotatable bonds is 10. The van der Waals surface area contributed by atoms with Crippen molar-refractivity contribution in [2.24, 2.45) is 0 Å². The van der Waals surface area contributed by atoms with Gasteiger partial charge in [0.15, 0.2) is 0 Å². The fraction of sp³-hybridized carbons (Fsp3) is 0.316. The molecular weight excluding hydrogens is 386 g/mol. The molecule has 0 unspecified atom stereocenters. The molecule has 1 aromatic carbocycles. The molecule has 0 aliphatic carbocycles. The minimum Gasteiger partial charge on any atom is -0.494 e. The van der Waals surface area contributed by atoms with Gasteiger partial charge >= 0.3 is 0 Å². The van der Waals surface area contributed by atoms with Gasteiger partial charge in [-0.05, 0) is 48.6 Å². The second-order valence-electron chi connectivity index (χ2n) is 5.88. The van der Waals surface area contributed by atoms with E-state index < -0.39 is 0 Å². The van der Waals surface area contributed by atoms with E-state index >= 15 is 0 Å². The zero-order valence-corrected chi connectivity index (χ0v) is 16.3. The lowest BCUT2D eigenvalue weighted by atomic mass is 10.2. The first-order valence-corrected chi connectivity index (χ1v) is 10.0. The SMILES string of the molecule is O=C(CCc1nc(-c2ccsc2)no1)NCCCCOc1ccc(Cl)cc1. The topological polar surface area (TPSA) is 77.2 Å². The van der Waals surface area contributed by atoms with Crippen molar-refractivity contribution in [2.45, 2.75) is 25.7 Å². The molecule has 0 aliphatic rings. The van der Waals surface area contributed by atoms with Crippen LogP contribution >= 0.6 is 22.9 Å². The third-order valence-corrected chi connectivity index (χ3v) is 4.72. The standard InChI is InChI=1S/C19H20ClN3O3S/c20-15-3-5-16(6-4-15)25-11-2-1-10-21-17(24)7-8-18-22-19(23-26-18)14-9-12-27-13-14/h3-6,9,12-13H,1-2,7-8,10-11H2,(H,21,24). The summed E-state index contributed by atoms with van der Waals surface area (Å²) in [6.07, 6.45) is 2.47. The molecule has 27 heavy (non-hydrogen) atoms. The zero-order valence-electron chi connectivity index (χ0n) is 14.7. The number of halogens is 1. The molecule has 0 fully saturated rings. The van der Waals surface area contributed by atoms with Gasteiger partial charge < -0.3 is 14.6 Å². The zero-order chi connectivity index (χ0) is 18.9. The van der Waals surface area contributed by atoms with E-state index in [-0.39, 0.29) is 5.91 Å². The number of aryl methyl sites for hydroxylation is 1. The van der Waals surface area contributed by atoms with Crippen LogP contribution in [-0.4, -0.2) is 29.2 Å². The Bertz CT molecular complexity index is 834. The Morgan fingerprint density at radius 3 is 2.85 bits per heavy atom. The molecule has 0 bridgehead atoms. The van der Waals surface area contributed by atoms with Gasteiger partial charge in [0.2, 0.25) is 17.6 Å². The number of benzene rings is 1. The summed E-state index contributed by atoms with van der Waals surface area (Å²) in [5, 5.41) is 11.4. The number of aromatic nitrogens is 2. The van der Waals surface area contributed by atoms with Crippen LogP contribution in [0.1, 0.15) is 25.2 Å². The van der Waals surface area contributed by atoms with Crippen LogP contribution in [0.25, 0.3) is 11.4 Å². The van der Waals surface area contributed by atoms with Gasteiger partial charge in [0, 0.05) is 35.4 Å². The molecule has 0 saturated heterocycles. The predicted octanol–water partition coefficient (Wildman–Crippen LogP) is 4.36. The van der Waals surface area contributed by atoms with E-state index in [9.17, 15) is 4.79 Å². The second-order valence-corrected chi connectivity index (χ2v) is 7.10. The highest BCUT2D eigenvalue weighted by atomic mass is 35.5. The number of carbonyl (C=O) groups is 1. The second kappa shape index (κ2) is 10.1. The van der Waals surface area contributed by atoms with Crippen LogP contribution < -0.4 is 10.1 Å². The molecule has 3 rings (SSSR count). The average molecular weight is 406 g/mol. The summed E-state index contributed by atoms with van der Waals surface area (Å²) < 4.78 is 10.8. The summed E-state index contributed by atoms with van der Waals surface area (Å²) in [5.74, 6) is 1.81. The maximum atomic E-state index is 11.9. The summed E-state index contributed by atoms with van der Waals surface area (Å²) in [7, 11) is 0. The fourth-order valence-corrected chi connectivity index (χ4v) is 3.11. The predicted molar refractivity (Wildman–Crippen MR) is 105 cm³/mol. The molecule has 6 nitrogen and oxygen atoms in total. The van der Waals surface area contributed by atoms with Crippen LogP contribution in [-0.2, 0) is 11.2 Å². The number of ether oxygens (including phenoxy) is 1. The Kier molecular flexibility index (Phi) is 7.24. The Labute approximate surface area is 166 Å². The van der Waals surface area contributed by atoms with Crippen molar-refractivity contribution in [1.82, 2.24) is 15.5 Å². The van der Waals surface area contributed by atoms with Gasteiger partial charge in [0.05, 0.1) is 6.61 Å². The van der Waals surface area contributed by atoms with Crippen LogP contribution in [0.15, 0.2) is 45.6 Å². The fourth-order valence-electron chi connectivity index (χ4n) is 2.35. The number of hydrogen-bond acceptors (Lipinski definition) is 6. The molecule has 0 atom stereocenters. The Balaban J connectivity index is 1.26. The van der Waals surface area contributed by atoms with Crippen molar-refractivity contribution in [3.63, 3.8) is 0 Å². The van der Waals surface area contributed by atoms with Gasteiger partial charge in [-0.3, -0.25) is 4.79 Å². The van der Waals surface area contributed by atoms with E-state index in [0.29, 0.717) is 42.7 Å². The maximum absolute atomic E-state index is 11.9. The smallest absolute Gasteiger partial charge is 0.227 e. The number of carbonyl (C=O) groups excluding carboxylic acids is 1. The van der Waals surface area contributed by atoms with Crippen molar-refractivity contribution in [1.29, 1.82) is 0 Å². The monoisotopic (exact) mass is 405 g/mol. The number of hydrogen-bond donors (Lipinski definition) is 1.